The predicted octanol–water partition coefficient (Wildman–Crippen LogP) is 4.57. The summed E-state index contributed by atoms with van der Waals surface area (Å²) in [6, 6.07) is 0. The second-order valence-electron chi connectivity index (χ2n) is 7.18. The molecular weight excluding hydrogens is 218 g/mol. The molecule has 106 valence electrons. The van der Waals surface area contributed by atoms with Crippen LogP contribution in [0.1, 0.15) is 65.7 Å². The SMILES string of the molecule is CCC1CCN(CC2CCC(C(C)C)CC2)CC1. The molecule has 0 radical (unpaired) electrons. The van der Waals surface area contributed by atoms with Crippen molar-refractivity contribution < 1.29 is 0 Å². The Morgan fingerprint density at radius 2 is 1.50 bits per heavy atom. The first-order chi connectivity index (χ1) is 8.69. The van der Waals surface area contributed by atoms with Gasteiger partial charge in [0.15, 0.2) is 0 Å². The monoisotopic (exact) mass is 251 g/mol. The summed E-state index contributed by atoms with van der Waals surface area (Å²) in [6.45, 7) is 11.3. The van der Waals surface area contributed by atoms with E-state index in [-0.39, 0.29) is 0 Å². The molecule has 0 aromatic rings. The van der Waals surface area contributed by atoms with Gasteiger partial charge in [-0.1, -0.05) is 27.2 Å². The first kappa shape index (κ1) is 14.4. The third-order valence-corrected chi connectivity index (χ3v) is 5.64. The Morgan fingerprint density at radius 1 is 0.889 bits per heavy atom. The van der Waals surface area contributed by atoms with Crippen molar-refractivity contribution in [1.29, 1.82) is 0 Å². The number of hydrogen-bond acceptors (Lipinski definition) is 1. The topological polar surface area (TPSA) is 3.24 Å². The Balaban J connectivity index is 1.66. The van der Waals surface area contributed by atoms with Crippen LogP contribution < -0.4 is 0 Å². The molecule has 0 bridgehead atoms. The van der Waals surface area contributed by atoms with Gasteiger partial charge in [0.25, 0.3) is 0 Å². The van der Waals surface area contributed by atoms with Gasteiger partial charge in [0.2, 0.25) is 0 Å². The van der Waals surface area contributed by atoms with Gasteiger partial charge < -0.3 is 4.90 Å². The van der Waals surface area contributed by atoms with Crippen molar-refractivity contribution >= 4 is 0 Å². The lowest BCUT2D eigenvalue weighted by Crippen LogP contribution is -2.38. The summed E-state index contributed by atoms with van der Waals surface area (Å²) in [7, 11) is 0. The molecule has 0 N–H and O–H groups in total. The molecule has 0 amide bonds. The second-order valence-corrected chi connectivity index (χ2v) is 7.18. The van der Waals surface area contributed by atoms with Crippen LogP contribution in [0.15, 0.2) is 0 Å². The summed E-state index contributed by atoms with van der Waals surface area (Å²) in [5, 5.41) is 0. The van der Waals surface area contributed by atoms with Gasteiger partial charge in [-0.05, 0) is 75.3 Å². The van der Waals surface area contributed by atoms with E-state index in [1.807, 2.05) is 0 Å². The fourth-order valence-electron chi connectivity index (χ4n) is 3.98. The summed E-state index contributed by atoms with van der Waals surface area (Å²) >= 11 is 0. The number of hydrogen-bond donors (Lipinski definition) is 0. The summed E-state index contributed by atoms with van der Waals surface area (Å²) in [4.78, 5) is 2.76. The van der Waals surface area contributed by atoms with Crippen LogP contribution in [-0.4, -0.2) is 24.5 Å². The third kappa shape index (κ3) is 3.98. The van der Waals surface area contributed by atoms with Crippen molar-refractivity contribution in [3.05, 3.63) is 0 Å². The van der Waals surface area contributed by atoms with Gasteiger partial charge in [-0.15, -0.1) is 0 Å². The van der Waals surface area contributed by atoms with E-state index in [2.05, 4.69) is 25.7 Å². The zero-order valence-electron chi connectivity index (χ0n) is 12.8. The molecule has 2 rings (SSSR count). The maximum atomic E-state index is 2.76. The molecule has 0 unspecified atom stereocenters. The average molecular weight is 251 g/mol. The highest BCUT2D eigenvalue weighted by atomic mass is 15.1. The number of rotatable bonds is 4. The fourth-order valence-corrected chi connectivity index (χ4v) is 3.98. The standard InChI is InChI=1S/C17H33N/c1-4-15-9-11-18(12-10-15)13-16-5-7-17(8-6-16)14(2)3/h14-17H,4-13H2,1-3H3. The van der Waals surface area contributed by atoms with E-state index < -0.39 is 0 Å². The molecule has 0 atom stereocenters. The Bertz CT molecular complexity index is 220. The molecule has 1 aliphatic carbocycles. The van der Waals surface area contributed by atoms with Crippen LogP contribution in [0.25, 0.3) is 0 Å². The normalized spacial score (nSPS) is 32.0. The minimum absolute atomic E-state index is 0.909. The first-order valence-corrected chi connectivity index (χ1v) is 8.41. The fraction of sp³-hybridized carbons (Fsp3) is 1.00. The lowest BCUT2D eigenvalue weighted by atomic mass is 9.76. The smallest absolute Gasteiger partial charge is 0.000966 e. The van der Waals surface area contributed by atoms with Crippen molar-refractivity contribution in [1.82, 2.24) is 4.90 Å². The Hall–Kier alpha value is -0.0400. The van der Waals surface area contributed by atoms with Crippen LogP contribution >= 0.6 is 0 Å². The quantitative estimate of drug-likeness (QED) is 0.707. The molecule has 2 fully saturated rings. The van der Waals surface area contributed by atoms with E-state index in [1.165, 1.54) is 64.6 Å². The zero-order chi connectivity index (χ0) is 13.0. The number of piperidine rings is 1. The van der Waals surface area contributed by atoms with Crippen LogP contribution in [0.2, 0.25) is 0 Å². The molecule has 1 saturated heterocycles. The molecule has 0 aromatic carbocycles. The molecule has 18 heavy (non-hydrogen) atoms. The molecule has 1 aliphatic heterocycles. The van der Waals surface area contributed by atoms with E-state index in [0.29, 0.717) is 0 Å². The van der Waals surface area contributed by atoms with Crippen LogP contribution in [0, 0.1) is 23.7 Å². The van der Waals surface area contributed by atoms with Crippen LogP contribution in [0.3, 0.4) is 0 Å². The van der Waals surface area contributed by atoms with Gasteiger partial charge in [0, 0.05) is 6.54 Å². The van der Waals surface area contributed by atoms with Crippen LogP contribution in [-0.2, 0) is 0 Å². The molecule has 2 aliphatic rings. The van der Waals surface area contributed by atoms with E-state index in [4.69, 9.17) is 0 Å². The molecule has 1 heterocycles. The summed E-state index contributed by atoms with van der Waals surface area (Å²) in [5.41, 5.74) is 0. The maximum absolute atomic E-state index is 2.76. The van der Waals surface area contributed by atoms with Crippen molar-refractivity contribution in [2.45, 2.75) is 65.7 Å². The minimum atomic E-state index is 0.909. The van der Waals surface area contributed by atoms with Gasteiger partial charge in [-0.3, -0.25) is 0 Å². The van der Waals surface area contributed by atoms with Crippen molar-refractivity contribution in [3.63, 3.8) is 0 Å². The van der Waals surface area contributed by atoms with Gasteiger partial charge in [-0.2, -0.15) is 0 Å². The average Bonchev–Trinajstić information content (AvgIpc) is 2.40. The van der Waals surface area contributed by atoms with E-state index in [9.17, 15) is 0 Å². The first-order valence-electron chi connectivity index (χ1n) is 8.41. The van der Waals surface area contributed by atoms with E-state index >= 15 is 0 Å². The van der Waals surface area contributed by atoms with Gasteiger partial charge in [-0.25, -0.2) is 0 Å². The molecule has 1 saturated carbocycles. The largest absolute Gasteiger partial charge is 0.303 e. The van der Waals surface area contributed by atoms with Crippen molar-refractivity contribution in [2.24, 2.45) is 23.7 Å². The van der Waals surface area contributed by atoms with E-state index in [1.54, 1.807) is 0 Å². The summed E-state index contributed by atoms with van der Waals surface area (Å²) < 4.78 is 0. The highest BCUT2D eigenvalue weighted by Crippen LogP contribution is 2.34. The Labute approximate surface area is 114 Å². The predicted molar refractivity (Wildman–Crippen MR) is 79.7 cm³/mol. The summed E-state index contributed by atoms with van der Waals surface area (Å²) in [6.07, 6.45) is 10.3. The highest BCUT2D eigenvalue weighted by molar-refractivity contribution is 4.79. The highest BCUT2D eigenvalue weighted by Gasteiger charge is 2.26. The maximum Gasteiger partial charge on any atom is 0.000966 e. The lowest BCUT2D eigenvalue weighted by molar-refractivity contribution is 0.127. The van der Waals surface area contributed by atoms with Gasteiger partial charge >= 0.3 is 0 Å². The Kier molecular flexibility index (Phi) is 5.54. The Morgan fingerprint density at radius 3 is 2.00 bits per heavy atom. The van der Waals surface area contributed by atoms with Crippen molar-refractivity contribution in [3.8, 4) is 0 Å². The van der Waals surface area contributed by atoms with Crippen LogP contribution in [0.5, 0.6) is 0 Å². The third-order valence-electron chi connectivity index (χ3n) is 5.64. The summed E-state index contributed by atoms with van der Waals surface area (Å²) in [5.74, 6) is 3.97. The molecule has 0 aromatic heterocycles. The zero-order valence-corrected chi connectivity index (χ0v) is 12.8. The second kappa shape index (κ2) is 6.93. The van der Waals surface area contributed by atoms with Gasteiger partial charge in [0.1, 0.15) is 0 Å². The number of nitrogens with zero attached hydrogens (tertiary/aromatic N) is 1. The lowest BCUT2D eigenvalue weighted by Gasteiger charge is -2.37. The molecular formula is C17H33N. The molecule has 0 spiro atoms. The minimum Gasteiger partial charge on any atom is -0.303 e. The van der Waals surface area contributed by atoms with E-state index in [0.717, 1.165) is 23.7 Å². The number of likely N-dealkylation sites (tertiary alicyclic amines) is 1. The van der Waals surface area contributed by atoms with Gasteiger partial charge in [0.05, 0.1) is 0 Å². The van der Waals surface area contributed by atoms with Crippen molar-refractivity contribution in [2.75, 3.05) is 19.6 Å². The molecule has 1 heteroatoms. The van der Waals surface area contributed by atoms with Crippen LogP contribution in [0.4, 0.5) is 0 Å². The molecule has 1 nitrogen and oxygen atoms in total.